The molecule has 0 aliphatic heterocycles. The van der Waals surface area contributed by atoms with E-state index in [1.807, 2.05) is 18.2 Å². The van der Waals surface area contributed by atoms with Gasteiger partial charge in [0.15, 0.2) is 0 Å². The first-order valence-corrected chi connectivity index (χ1v) is 6.01. The van der Waals surface area contributed by atoms with Crippen molar-refractivity contribution < 1.29 is 9.53 Å². The Kier molecular flexibility index (Phi) is 3.38. The van der Waals surface area contributed by atoms with Crippen molar-refractivity contribution in [3.63, 3.8) is 0 Å². The average molecular weight is 327 g/mol. The quantitative estimate of drug-likeness (QED) is 0.629. The lowest BCUT2D eigenvalue weighted by Crippen LogP contribution is -2.06. The third kappa shape index (κ3) is 2.32. The first kappa shape index (κ1) is 11.3. The van der Waals surface area contributed by atoms with Crippen LogP contribution in [0.3, 0.4) is 0 Å². The monoisotopic (exact) mass is 327 g/mol. The van der Waals surface area contributed by atoms with Gasteiger partial charge in [0.2, 0.25) is 0 Å². The van der Waals surface area contributed by atoms with Crippen molar-refractivity contribution in [1.82, 2.24) is 4.98 Å². The highest BCUT2D eigenvalue weighted by Gasteiger charge is 2.08. The summed E-state index contributed by atoms with van der Waals surface area (Å²) in [5, 5.41) is 2.03. The number of esters is 1. The average Bonchev–Trinajstić information content (AvgIpc) is 2.28. The number of benzene rings is 1. The van der Waals surface area contributed by atoms with Crippen LogP contribution in [-0.2, 0) is 4.74 Å². The maximum absolute atomic E-state index is 11.5. The molecule has 0 fully saturated rings. The molecule has 82 valence electrons. The van der Waals surface area contributed by atoms with Gasteiger partial charge in [0, 0.05) is 15.2 Å². The maximum Gasteiger partial charge on any atom is 0.356 e. The summed E-state index contributed by atoms with van der Waals surface area (Å²) in [5.74, 6) is -0.372. The number of ether oxygens (including phenoxy) is 1. The molecule has 0 aliphatic carbocycles. The van der Waals surface area contributed by atoms with Crippen LogP contribution in [0.2, 0.25) is 0 Å². The lowest BCUT2D eigenvalue weighted by Gasteiger charge is -2.03. The van der Waals surface area contributed by atoms with Gasteiger partial charge in [-0.3, -0.25) is 0 Å². The minimum absolute atomic E-state index is 0.358. The van der Waals surface area contributed by atoms with Crippen LogP contribution in [0.5, 0.6) is 0 Å². The Morgan fingerprint density at radius 2 is 2.19 bits per heavy atom. The number of halogens is 1. The predicted molar refractivity (Wildman–Crippen MR) is 70.4 cm³/mol. The summed E-state index contributed by atoms with van der Waals surface area (Å²) in [4.78, 5) is 15.6. The van der Waals surface area contributed by atoms with Gasteiger partial charge in [-0.2, -0.15) is 0 Å². The standard InChI is InChI=1S/C12H10INO2/c1-2-16-12(15)11-6-9-5-10(13)4-3-8(9)7-14-11/h3-7H,2H2,1H3. The fourth-order valence-corrected chi connectivity index (χ4v) is 1.94. The second-order valence-corrected chi connectivity index (χ2v) is 4.53. The summed E-state index contributed by atoms with van der Waals surface area (Å²) in [5.41, 5.74) is 0.358. The van der Waals surface area contributed by atoms with E-state index in [0.717, 1.165) is 14.3 Å². The van der Waals surface area contributed by atoms with Crippen molar-refractivity contribution in [2.24, 2.45) is 0 Å². The van der Waals surface area contributed by atoms with Gasteiger partial charge in [-0.05, 0) is 53.1 Å². The van der Waals surface area contributed by atoms with E-state index in [2.05, 4.69) is 27.6 Å². The van der Waals surface area contributed by atoms with Gasteiger partial charge in [0.25, 0.3) is 0 Å². The molecule has 1 aromatic carbocycles. The zero-order valence-corrected chi connectivity index (χ0v) is 10.9. The second-order valence-electron chi connectivity index (χ2n) is 3.28. The van der Waals surface area contributed by atoms with Gasteiger partial charge in [-0.15, -0.1) is 0 Å². The smallest absolute Gasteiger partial charge is 0.356 e. The number of hydrogen-bond donors (Lipinski definition) is 0. The van der Waals surface area contributed by atoms with Crippen molar-refractivity contribution in [2.75, 3.05) is 6.61 Å². The molecule has 0 bridgehead atoms. The Hall–Kier alpha value is -1.17. The molecule has 2 rings (SSSR count). The van der Waals surface area contributed by atoms with E-state index < -0.39 is 0 Å². The lowest BCUT2D eigenvalue weighted by molar-refractivity contribution is 0.0520. The molecule has 1 heterocycles. The molecule has 16 heavy (non-hydrogen) atoms. The number of fused-ring (bicyclic) bond motifs is 1. The van der Waals surface area contributed by atoms with E-state index in [0.29, 0.717) is 12.3 Å². The van der Waals surface area contributed by atoms with Gasteiger partial charge in [-0.1, -0.05) is 6.07 Å². The van der Waals surface area contributed by atoms with Crippen LogP contribution in [0.15, 0.2) is 30.5 Å². The van der Waals surface area contributed by atoms with E-state index in [4.69, 9.17) is 4.74 Å². The van der Waals surface area contributed by atoms with E-state index in [-0.39, 0.29) is 5.97 Å². The van der Waals surface area contributed by atoms with Crippen LogP contribution in [-0.4, -0.2) is 17.6 Å². The van der Waals surface area contributed by atoms with Crippen molar-refractivity contribution in [3.05, 3.63) is 39.7 Å². The van der Waals surface area contributed by atoms with Crippen LogP contribution in [0, 0.1) is 3.57 Å². The highest BCUT2D eigenvalue weighted by molar-refractivity contribution is 14.1. The van der Waals surface area contributed by atoms with E-state index >= 15 is 0 Å². The van der Waals surface area contributed by atoms with Gasteiger partial charge in [0.1, 0.15) is 5.69 Å². The molecule has 0 saturated carbocycles. The molecule has 0 aliphatic rings. The van der Waals surface area contributed by atoms with Crippen LogP contribution >= 0.6 is 22.6 Å². The molecule has 0 amide bonds. The summed E-state index contributed by atoms with van der Waals surface area (Å²) >= 11 is 2.24. The SMILES string of the molecule is CCOC(=O)c1cc2cc(I)ccc2cn1. The fraction of sp³-hybridized carbons (Fsp3) is 0.167. The largest absolute Gasteiger partial charge is 0.461 e. The highest BCUT2D eigenvalue weighted by Crippen LogP contribution is 2.17. The normalized spacial score (nSPS) is 10.4. The zero-order chi connectivity index (χ0) is 11.5. The molecule has 0 saturated heterocycles. The summed E-state index contributed by atoms with van der Waals surface area (Å²) in [6, 6.07) is 7.77. The molecule has 1 aromatic heterocycles. The predicted octanol–water partition coefficient (Wildman–Crippen LogP) is 3.02. The Morgan fingerprint density at radius 1 is 1.38 bits per heavy atom. The number of nitrogens with zero attached hydrogens (tertiary/aromatic N) is 1. The third-order valence-corrected chi connectivity index (χ3v) is 2.84. The second kappa shape index (κ2) is 4.78. The Bertz CT molecular complexity index is 540. The number of rotatable bonds is 2. The highest BCUT2D eigenvalue weighted by atomic mass is 127. The Labute approximate surface area is 107 Å². The van der Waals surface area contributed by atoms with E-state index in [1.54, 1.807) is 19.2 Å². The van der Waals surface area contributed by atoms with Gasteiger partial charge in [0.05, 0.1) is 6.61 Å². The van der Waals surface area contributed by atoms with Gasteiger partial charge < -0.3 is 4.74 Å². The minimum Gasteiger partial charge on any atom is -0.461 e. The molecule has 2 aromatic rings. The van der Waals surface area contributed by atoms with Gasteiger partial charge in [-0.25, -0.2) is 9.78 Å². The first-order valence-electron chi connectivity index (χ1n) is 4.93. The fourth-order valence-electron chi connectivity index (χ4n) is 1.43. The molecule has 0 radical (unpaired) electrons. The lowest BCUT2D eigenvalue weighted by atomic mass is 10.1. The maximum atomic E-state index is 11.5. The van der Waals surface area contributed by atoms with E-state index in [9.17, 15) is 4.79 Å². The van der Waals surface area contributed by atoms with Crippen molar-refractivity contribution in [3.8, 4) is 0 Å². The first-order chi connectivity index (χ1) is 7.70. The topological polar surface area (TPSA) is 39.2 Å². The summed E-state index contributed by atoms with van der Waals surface area (Å²) < 4.78 is 6.03. The summed E-state index contributed by atoms with van der Waals surface area (Å²) in [7, 11) is 0. The zero-order valence-electron chi connectivity index (χ0n) is 8.74. The number of carbonyl (C=O) groups is 1. The molecule has 4 heteroatoms. The summed E-state index contributed by atoms with van der Waals surface area (Å²) in [6.07, 6.45) is 1.69. The Balaban J connectivity index is 2.46. The number of carbonyl (C=O) groups excluding carboxylic acids is 1. The third-order valence-electron chi connectivity index (χ3n) is 2.17. The number of pyridine rings is 1. The molecule has 3 nitrogen and oxygen atoms in total. The number of aromatic nitrogens is 1. The number of hydrogen-bond acceptors (Lipinski definition) is 3. The van der Waals surface area contributed by atoms with Crippen molar-refractivity contribution in [1.29, 1.82) is 0 Å². The molecule has 0 unspecified atom stereocenters. The van der Waals surface area contributed by atoms with Crippen LogP contribution in [0.4, 0.5) is 0 Å². The molecular formula is C12H10INO2. The minimum atomic E-state index is -0.372. The van der Waals surface area contributed by atoms with Crippen molar-refractivity contribution >= 4 is 39.3 Å². The van der Waals surface area contributed by atoms with E-state index in [1.165, 1.54) is 0 Å². The molecule has 0 spiro atoms. The van der Waals surface area contributed by atoms with Crippen LogP contribution in [0.1, 0.15) is 17.4 Å². The molecule has 0 N–H and O–H groups in total. The van der Waals surface area contributed by atoms with Crippen molar-refractivity contribution in [2.45, 2.75) is 6.92 Å². The summed E-state index contributed by atoms with van der Waals surface area (Å²) in [6.45, 7) is 2.15. The molecule has 0 atom stereocenters. The molecular weight excluding hydrogens is 317 g/mol. The van der Waals surface area contributed by atoms with Crippen LogP contribution in [0.25, 0.3) is 10.8 Å². The Morgan fingerprint density at radius 3 is 2.94 bits per heavy atom. The van der Waals surface area contributed by atoms with Crippen LogP contribution < -0.4 is 0 Å². The van der Waals surface area contributed by atoms with Gasteiger partial charge >= 0.3 is 5.97 Å².